The van der Waals surface area contributed by atoms with E-state index in [9.17, 15) is 4.79 Å². The zero-order chi connectivity index (χ0) is 17.1. The largest absolute Gasteiger partial charge is 0.492 e. The number of aliphatic imine (C=N–C) groups is 1. The zero-order valence-corrected chi connectivity index (χ0v) is 17.2. The second-order valence-electron chi connectivity index (χ2n) is 5.20. The van der Waals surface area contributed by atoms with Crippen molar-refractivity contribution in [2.45, 2.75) is 13.8 Å². The van der Waals surface area contributed by atoms with E-state index < -0.39 is 0 Å². The molecule has 1 aromatic carbocycles. The van der Waals surface area contributed by atoms with E-state index in [-0.39, 0.29) is 35.9 Å². The average molecular weight is 449 g/mol. The van der Waals surface area contributed by atoms with E-state index in [0.29, 0.717) is 19.7 Å². The second-order valence-corrected chi connectivity index (χ2v) is 5.20. The number of ether oxygens (including phenoxy) is 2. The predicted octanol–water partition coefficient (Wildman–Crippen LogP) is 2.39. The molecule has 136 valence electrons. The van der Waals surface area contributed by atoms with Crippen molar-refractivity contribution in [3.8, 4) is 5.75 Å². The van der Waals surface area contributed by atoms with Crippen LogP contribution in [0.3, 0.4) is 0 Å². The van der Waals surface area contributed by atoms with Gasteiger partial charge in [0.25, 0.3) is 0 Å². The number of likely N-dealkylation sites (N-methyl/N-ethyl adjacent to an activating group) is 1. The molecule has 0 aliphatic rings. The Kier molecular flexibility index (Phi) is 12.0. The number of guanidine groups is 1. The molecule has 1 aromatic rings. The molecule has 0 radical (unpaired) electrons. The number of para-hydroxylation sites is 1. The standard InChI is InChI=1S/C17H27N3O3.HI/c1-5-18-17(19-13-14(2)16(21)22-4)20(3)11-12-23-15-9-7-6-8-10-15;/h6-10,14H,5,11-13H2,1-4H3,(H,18,19);1H. The minimum atomic E-state index is -0.261. The molecule has 1 atom stereocenters. The minimum absolute atomic E-state index is 0. The highest BCUT2D eigenvalue weighted by molar-refractivity contribution is 14.0. The Bertz CT molecular complexity index is 497. The molecular formula is C17H28IN3O3. The van der Waals surface area contributed by atoms with Crippen LogP contribution in [0, 0.1) is 5.92 Å². The lowest BCUT2D eigenvalue weighted by Gasteiger charge is -2.22. The average Bonchev–Trinajstić information content (AvgIpc) is 2.58. The van der Waals surface area contributed by atoms with Gasteiger partial charge in [-0.15, -0.1) is 24.0 Å². The predicted molar refractivity (Wildman–Crippen MR) is 107 cm³/mol. The number of halogens is 1. The third kappa shape index (κ3) is 8.37. The van der Waals surface area contributed by atoms with Gasteiger partial charge in [0.05, 0.1) is 26.1 Å². The van der Waals surface area contributed by atoms with E-state index in [1.807, 2.05) is 49.2 Å². The van der Waals surface area contributed by atoms with Crippen molar-refractivity contribution in [1.29, 1.82) is 0 Å². The summed E-state index contributed by atoms with van der Waals surface area (Å²) in [6, 6.07) is 9.70. The third-order valence-electron chi connectivity index (χ3n) is 3.25. The summed E-state index contributed by atoms with van der Waals surface area (Å²) in [6.07, 6.45) is 0. The number of carbonyl (C=O) groups is 1. The summed E-state index contributed by atoms with van der Waals surface area (Å²) in [5, 5.41) is 3.21. The zero-order valence-electron chi connectivity index (χ0n) is 14.8. The first kappa shape index (κ1) is 22.5. The highest BCUT2D eigenvalue weighted by atomic mass is 127. The normalized spacial score (nSPS) is 11.9. The lowest BCUT2D eigenvalue weighted by atomic mass is 10.2. The van der Waals surface area contributed by atoms with Crippen LogP contribution in [-0.4, -0.2) is 57.2 Å². The van der Waals surface area contributed by atoms with E-state index in [2.05, 4.69) is 10.3 Å². The molecule has 0 saturated heterocycles. The highest BCUT2D eigenvalue weighted by Gasteiger charge is 2.13. The maximum atomic E-state index is 11.4. The third-order valence-corrected chi connectivity index (χ3v) is 3.25. The van der Waals surface area contributed by atoms with Crippen molar-refractivity contribution in [3.05, 3.63) is 30.3 Å². The van der Waals surface area contributed by atoms with Crippen molar-refractivity contribution in [3.63, 3.8) is 0 Å². The summed E-state index contributed by atoms with van der Waals surface area (Å²) in [4.78, 5) is 17.9. The van der Waals surface area contributed by atoms with Crippen LogP contribution in [0.25, 0.3) is 0 Å². The van der Waals surface area contributed by atoms with Crippen molar-refractivity contribution in [2.24, 2.45) is 10.9 Å². The lowest BCUT2D eigenvalue weighted by molar-refractivity contribution is -0.144. The van der Waals surface area contributed by atoms with Crippen LogP contribution in [0.1, 0.15) is 13.8 Å². The molecular weight excluding hydrogens is 421 g/mol. The van der Waals surface area contributed by atoms with E-state index in [1.165, 1.54) is 7.11 Å². The van der Waals surface area contributed by atoms with E-state index in [4.69, 9.17) is 9.47 Å². The number of nitrogens with zero attached hydrogens (tertiary/aromatic N) is 2. The van der Waals surface area contributed by atoms with Crippen molar-refractivity contribution >= 4 is 35.9 Å². The van der Waals surface area contributed by atoms with Gasteiger partial charge in [-0.05, 0) is 19.1 Å². The van der Waals surface area contributed by atoms with Gasteiger partial charge in [0.2, 0.25) is 0 Å². The van der Waals surface area contributed by atoms with Gasteiger partial charge in [-0.1, -0.05) is 25.1 Å². The summed E-state index contributed by atoms with van der Waals surface area (Å²) in [7, 11) is 3.33. The number of rotatable bonds is 8. The summed E-state index contributed by atoms with van der Waals surface area (Å²) in [6.45, 7) is 6.20. The first-order valence-electron chi connectivity index (χ1n) is 7.83. The van der Waals surface area contributed by atoms with Crippen molar-refractivity contribution in [2.75, 3.05) is 40.4 Å². The maximum absolute atomic E-state index is 11.4. The number of hydrogen-bond donors (Lipinski definition) is 1. The summed E-state index contributed by atoms with van der Waals surface area (Å²) in [5.74, 6) is 1.09. The second kappa shape index (κ2) is 12.9. The summed E-state index contributed by atoms with van der Waals surface area (Å²) < 4.78 is 10.4. The number of nitrogens with one attached hydrogen (secondary N) is 1. The fraction of sp³-hybridized carbons (Fsp3) is 0.529. The maximum Gasteiger partial charge on any atom is 0.310 e. The molecule has 0 aliphatic heterocycles. The Balaban J connectivity index is 0.00000529. The minimum Gasteiger partial charge on any atom is -0.492 e. The molecule has 0 bridgehead atoms. The van der Waals surface area contributed by atoms with Crippen LogP contribution in [-0.2, 0) is 9.53 Å². The molecule has 1 N–H and O–H groups in total. The van der Waals surface area contributed by atoms with E-state index >= 15 is 0 Å². The Morgan fingerprint density at radius 3 is 2.58 bits per heavy atom. The van der Waals surface area contributed by atoms with Gasteiger partial charge in [0.15, 0.2) is 5.96 Å². The molecule has 1 unspecified atom stereocenters. The fourth-order valence-corrected chi connectivity index (χ4v) is 1.89. The van der Waals surface area contributed by atoms with Gasteiger partial charge >= 0.3 is 5.97 Å². The molecule has 7 heteroatoms. The molecule has 6 nitrogen and oxygen atoms in total. The SMILES string of the molecule is CCNC(=NCC(C)C(=O)OC)N(C)CCOc1ccccc1.I. The number of methoxy groups -OCH3 is 1. The number of esters is 1. The van der Waals surface area contributed by atoms with Crippen LogP contribution < -0.4 is 10.1 Å². The van der Waals surface area contributed by atoms with Crippen LogP contribution in [0.4, 0.5) is 0 Å². The molecule has 0 saturated carbocycles. The molecule has 0 spiro atoms. The van der Waals surface area contributed by atoms with Crippen molar-refractivity contribution in [1.82, 2.24) is 10.2 Å². The topological polar surface area (TPSA) is 63.2 Å². The van der Waals surface area contributed by atoms with E-state index in [0.717, 1.165) is 18.3 Å². The van der Waals surface area contributed by atoms with Gasteiger partial charge in [0, 0.05) is 13.6 Å². The molecule has 0 heterocycles. The van der Waals surface area contributed by atoms with E-state index in [1.54, 1.807) is 6.92 Å². The molecule has 0 aromatic heterocycles. The summed E-state index contributed by atoms with van der Waals surface area (Å²) in [5.41, 5.74) is 0. The Morgan fingerprint density at radius 2 is 2.00 bits per heavy atom. The van der Waals surface area contributed by atoms with Gasteiger partial charge in [-0.3, -0.25) is 9.79 Å². The Morgan fingerprint density at radius 1 is 1.33 bits per heavy atom. The van der Waals surface area contributed by atoms with Gasteiger partial charge in [0.1, 0.15) is 12.4 Å². The highest BCUT2D eigenvalue weighted by Crippen LogP contribution is 2.07. The lowest BCUT2D eigenvalue weighted by Crippen LogP contribution is -2.41. The first-order valence-corrected chi connectivity index (χ1v) is 7.83. The van der Waals surface area contributed by atoms with Crippen molar-refractivity contribution < 1.29 is 14.3 Å². The molecule has 0 aliphatic carbocycles. The number of carbonyl (C=O) groups excluding carboxylic acids is 1. The number of benzene rings is 1. The molecule has 1 rings (SSSR count). The summed E-state index contributed by atoms with van der Waals surface area (Å²) >= 11 is 0. The van der Waals surface area contributed by atoms with Crippen LogP contribution in [0.2, 0.25) is 0 Å². The molecule has 0 fully saturated rings. The monoisotopic (exact) mass is 449 g/mol. The fourth-order valence-electron chi connectivity index (χ4n) is 1.89. The van der Waals surface area contributed by atoms with Gasteiger partial charge in [-0.2, -0.15) is 0 Å². The van der Waals surface area contributed by atoms with Crippen LogP contribution >= 0.6 is 24.0 Å². The smallest absolute Gasteiger partial charge is 0.310 e. The molecule has 0 amide bonds. The van der Waals surface area contributed by atoms with Gasteiger partial charge < -0.3 is 19.7 Å². The Hall–Kier alpha value is -1.51. The Labute approximate surface area is 161 Å². The molecule has 24 heavy (non-hydrogen) atoms. The van der Waals surface area contributed by atoms with Crippen LogP contribution in [0.5, 0.6) is 5.75 Å². The quantitative estimate of drug-likeness (QED) is 0.286. The van der Waals surface area contributed by atoms with Crippen LogP contribution in [0.15, 0.2) is 35.3 Å². The van der Waals surface area contributed by atoms with Gasteiger partial charge in [-0.25, -0.2) is 0 Å². The number of hydrogen-bond acceptors (Lipinski definition) is 4. The first-order chi connectivity index (χ1) is 11.1.